The molecular formula is C11H12O3. The van der Waals surface area contributed by atoms with Crippen molar-refractivity contribution in [1.29, 1.82) is 0 Å². The summed E-state index contributed by atoms with van der Waals surface area (Å²) < 4.78 is 5.48. The first kappa shape index (κ1) is 9.06. The van der Waals surface area contributed by atoms with Crippen molar-refractivity contribution in [3.8, 4) is 0 Å². The van der Waals surface area contributed by atoms with Gasteiger partial charge in [0, 0.05) is 12.0 Å². The zero-order valence-electron chi connectivity index (χ0n) is 7.93. The fourth-order valence-corrected chi connectivity index (χ4v) is 1.53. The lowest BCUT2D eigenvalue weighted by molar-refractivity contribution is -0.131. The number of hydrogen-bond acceptors (Lipinski definition) is 2. The van der Waals surface area contributed by atoms with Crippen molar-refractivity contribution in [3.05, 3.63) is 29.7 Å². The van der Waals surface area contributed by atoms with Crippen molar-refractivity contribution in [1.82, 2.24) is 0 Å². The van der Waals surface area contributed by atoms with Crippen LogP contribution in [0.25, 0.3) is 6.08 Å². The highest BCUT2D eigenvalue weighted by Gasteiger charge is 2.36. The van der Waals surface area contributed by atoms with E-state index in [4.69, 9.17) is 9.52 Å². The number of carboxylic acid groups (broad SMARTS) is 1. The highest BCUT2D eigenvalue weighted by Crippen LogP contribution is 2.47. The average molecular weight is 192 g/mol. The number of carboxylic acids is 1. The smallest absolute Gasteiger partial charge is 0.328 e. The lowest BCUT2D eigenvalue weighted by Gasteiger charge is -1.89. The third-order valence-electron chi connectivity index (χ3n) is 2.51. The van der Waals surface area contributed by atoms with Crippen molar-refractivity contribution in [3.63, 3.8) is 0 Å². The van der Waals surface area contributed by atoms with Crippen molar-refractivity contribution >= 4 is 12.0 Å². The summed E-state index contributed by atoms with van der Waals surface area (Å²) in [6, 6.07) is 3.73. The van der Waals surface area contributed by atoms with Gasteiger partial charge in [0.1, 0.15) is 11.5 Å². The summed E-state index contributed by atoms with van der Waals surface area (Å²) in [5.74, 6) is 1.88. The summed E-state index contributed by atoms with van der Waals surface area (Å²) >= 11 is 0. The lowest BCUT2D eigenvalue weighted by atomic mass is 10.3. The second-order valence-electron chi connectivity index (χ2n) is 3.73. The van der Waals surface area contributed by atoms with E-state index < -0.39 is 5.97 Å². The second-order valence-corrected chi connectivity index (χ2v) is 3.73. The molecule has 0 saturated heterocycles. The van der Waals surface area contributed by atoms with E-state index in [2.05, 4.69) is 6.92 Å². The maximum Gasteiger partial charge on any atom is 0.328 e. The summed E-state index contributed by atoms with van der Waals surface area (Å²) in [5, 5.41) is 8.42. The summed E-state index contributed by atoms with van der Waals surface area (Å²) in [6.45, 7) is 2.18. The normalized spacial score (nSPS) is 25.5. The Balaban J connectivity index is 2.06. The molecular weight excluding hydrogens is 180 g/mol. The molecule has 0 amide bonds. The van der Waals surface area contributed by atoms with Gasteiger partial charge in [-0.15, -0.1) is 0 Å². The fourth-order valence-electron chi connectivity index (χ4n) is 1.53. The van der Waals surface area contributed by atoms with Crippen LogP contribution in [0.2, 0.25) is 0 Å². The molecule has 1 heterocycles. The Hall–Kier alpha value is -1.51. The Morgan fingerprint density at radius 1 is 1.64 bits per heavy atom. The predicted molar refractivity (Wildman–Crippen MR) is 51.9 cm³/mol. The van der Waals surface area contributed by atoms with Crippen LogP contribution in [-0.2, 0) is 4.79 Å². The van der Waals surface area contributed by atoms with Crippen LogP contribution in [-0.4, -0.2) is 11.1 Å². The molecule has 0 bridgehead atoms. The topological polar surface area (TPSA) is 50.4 Å². The Bertz CT molecular complexity index is 376. The van der Waals surface area contributed by atoms with Crippen LogP contribution in [0.15, 0.2) is 22.6 Å². The molecule has 1 aromatic heterocycles. The highest BCUT2D eigenvalue weighted by molar-refractivity contribution is 5.84. The Kier molecular flexibility index (Phi) is 2.15. The van der Waals surface area contributed by atoms with Gasteiger partial charge in [-0.05, 0) is 30.5 Å². The molecule has 14 heavy (non-hydrogen) atoms. The molecule has 1 aromatic rings. The van der Waals surface area contributed by atoms with Crippen molar-refractivity contribution in [2.45, 2.75) is 19.3 Å². The maximum absolute atomic E-state index is 10.2. The second kappa shape index (κ2) is 3.33. The van der Waals surface area contributed by atoms with Crippen molar-refractivity contribution < 1.29 is 14.3 Å². The van der Waals surface area contributed by atoms with Crippen LogP contribution in [0, 0.1) is 5.92 Å². The third-order valence-corrected chi connectivity index (χ3v) is 2.51. The van der Waals surface area contributed by atoms with Crippen LogP contribution < -0.4 is 0 Å². The Morgan fingerprint density at radius 3 is 2.93 bits per heavy atom. The number of rotatable bonds is 3. The van der Waals surface area contributed by atoms with Crippen LogP contribution in [0.5, 0.6) is 0 Å². The van der Waals surface area contributed by atoms with Gasteiger partial charge in [0.05, 0.1) is 0 Å². The molecule has 1 aliphatic carbocycles. The summed E-state index contributed by atoms with van der Waals surface area (Å²) in [7, 11) is 0. The maximum atomic E-state index is 10.2. The first-order chi connectivity index (χ1) is 6.66. The van der Waals surface area contributed by atoms with Gasteiger partial charge in [0.2, 0.25) is 0 Å². The first-order valence-corrected chi connectivity index (χ1v) is 4.67. The largest absolute Gasteiger partial charge is 0.478 e. The zero-order valence-corrected chi connectivity index (χ0v) is 7.93. The summed E-state index contributed by atoms with van der Waals surface area (Å²) in [6.07, 6.45) is 3.73. The Labute approximate surface area is 82.0 Å². The zero-order chi connectivity index (χ0) is 10.1. The molecule has 3 nitrogen and oxygen atoms in total. The predicted octanol–water partition coefficient (Wildman–Crippen LogP) is 2.50. The van der Waals surface area contributed by atoms with E-state index in [-0.39, 0.29) is 0 Å². The molecule has 1 aliphatic rings. The molecule has 0 spiro atoms. The fraction of sp³-hybridized carbons (Fsp3) is 0.364. The number of aliphatic carboxylic acids is 1. The van der Waals surface area contributed by atoms with Crippen LogP contribution >= 0.6 is 0 Å². The van der Waals surface area contributed by atoms with E-state index in [0.717, 1.165) is 11.8 Å². The van der Waals surface area contributed by atoms with Crippen LogP contribution in [0.1, 0.15) is 30.8 Å². The SMILES string of the molecule is C[C@@H]1C[C@@H]1c1ccc(/C=C/C(=O)O)o1. The third kappa shape index (κ3) is 1.87. The molecule has 2 atom stereocenters. The van der Waals surface area contributed by atoms with Crippen molar-refractivity contribution in [2.24, 2.45) is 5.92 Å². The minimum absolute atomic E-state index is 0.543. The van der Waals surface area contributed by atoms with Crippen molar-refractivity contribution in [2.75, 3.05) is 0 Å². The molecule has 2 rings (SSSR count). The van der Waals surface area contributed by atoms with Gasteiger partial charge in [-0.25, -0.2) is 4.79 Å². The van der Waals surface area contributed by atoms with Gasteiger partial charge < -0.3 is 9.52 Å². The average Bonchev–Trinajstić information content (AvgIpc) is 2.68. The standard InChI is InChI=1S/C11H12O3/c1-7-6-9(7)10-4-2-8(14-10)3-5-11(12)13/h2-5,7,9H,6H2,1H3,(H,12,13)/b5-3+/t7-,9+/m1/s1. The molecule has 74 valence electrons. The monoisotopic (exact) mass is 192 g/mol. The number of furan rings is 1. The van der Waals surface area contributed by atoms with Crippen LogP contribution in [0.4, 0.5) is 0 Å². The summed E-state index contributed by atoms with van der Waals surface area (Å²) in [5.41, 5.74) is 0. The molecule has 0 aliphatic heterocycles. The van der Waals surface area contributed by atoms with Gasteiger partial charge in [-0.1, -0.05) is 6.92 Å². The number of carbonyl (C=O) groups is 1. The molecule has 3 heteroatoms. The van der Waals surface area contributed by atoms with E-state index in [1.54, 1.807) is 6.07 Å². The summed E-state index contributed by atoms with van der Waals surface area (Å²) in [4.78, 5) is 10.2. The van der Waals surface area contributed by atoms with Gasteiger partial charge >= 0.3 is 5.97 Å². The quantitative estimate of drug-likeness (QED) is 0.748. The van der Waals surface area contributed by atoms with Gasteiger partial charge in [-0.3, -0.25) is 0 Å². The minimum atomic E-state index is -0.956. The van der Waals surface area contributed by atoms with E-state index in [9.17, 15) is 4.79 Å². The van der Waals surface area contributed by atoms with E-state index in [0.29, 0.717) is 17.6 Å². The van der Waals surface area contributed by atoms with Gasteiger partial charge in [0.25, 0.3) is 0 Å². The molecule has 1 fully saturated rings. The molecule has 0 unspecified atom stereocenters. The lowest BCUT2D eigenvalue weighted by Crippen LogP contribution is -1.84. The van der Waals surface area contributed by atoms with Crippen LogP contribution in [0.3, 0.4) is 0 Å². The molecule has 0 aromatic carbocycles. The van der Waals surface area contributed by atoms with Gasteiger partial charge in [0.15, 0.2) is 0 Å². The van der Waals surface area contributed by atoms with Gasteiger partial charge in [-0.2, -0.15) is 0 Å². The molecule has 1 N–H and O–H groups in total. The minimum Gasteiger partial charge on any atom is -0.478 e. The Morgan fingerprint density at radius 2 is 2.36 bits per heavy atom. The van der Waals surface area contributed by atoms with E-state index in [1.807, 2.05) is 6.07 Å². The first-order valence-electron chi connectivity index (χ1n) is 4.67. The highest BCUT2D eigenvalue weighted by atomic mass is 16.4. The number of hydrogen-bond donors (Lipinski definition) is 1. The molecule has 0 radical (unpaired) electrons. The molecule has 1 saturated carbocycles. The van der Waals surface area contributed by atoms with E-state index in [1.165, 1.54) is 12.5 Å². The van der Waals surface area contributed by atoms with E-state index >= 15 is 0 Å².